The van der Waals surface area contributed by atoms with E-state index in [0.717, 1.165) is 51.6 Å². The second-order valence-electron chi connectivity index (χ2n) is 9.16. The van der Waals surface area contributed by atoms with Crippen LogP contribution in [0.3, 0.4) is 0 Å². The van der Waals surface area contributed by atoms with Crippen LogP contribution in [-0.2, 0) is 9.53 Å². The maximum atomic E-state index is 13.4. The van der Waals surface area contributed by atoms with Gasteiger partial charge in [0.15, 0.2) is 0 Å². The zero-order valence-electron chi connectivity index (χ0n) is 18.3. The Balaban J connectivity index is 1.36. The fourth-order valence-corrected chi connectivity index (χ4v) is 5.33. The number of fused-ring (bicyclic) bond motifs is 1. The molecule has 4 aliphatic rings. The van der Waals surface area contributed by atoms with Gasteiger partial charge in [-0.25, -0.2) is 0 Å². The van der Waals surface area contributed by atoms with Crippen molar-refractivity contribution in [1.29, 1.82) is 0 Å². The number of amides is 4. The van der Waals surface area contributed by atoms with Gasteiger partial charge in [-0.15, -0.1) is 0 Å². The fraction of sp³-hybridized carbons (Fsp3) is 0.583. The summed E-state index contributed by atoms with van der Waals surface area (Å²) in [4.78, 5) is 56.9. The molecule has 4 heterocycles. The summed E-state index contributed by atoms with van der Waals surface area (Å²) in [5.41, 5.74) is 0.941. The molecule has 32 heavy (non-hydrogen) atoms. The van der Waals surface area contributed by atoms with Gasteiger partial charge in [0, 0.05) is 31.8 Å². The Labute approximate surface area is 187 Å². The number of hydrogen-bond acceptors (Lipinski definition) is 5. The molecule has 0 aromatic heterocycles. The molecular formula is C24H29N3O5. The molecule has 8 heteroatoms. The summed E-state index contributed by atoms with van der Waals surface area (Å²) >= 11 is 0. The van der Waals surface area contributed by atoms with Crippen LogP contribution in [0.4, 0.5) is 0 Å². The molecule has 0 saturated carbocycles. The van der Waals surface area contributed by atoms with E-state index in [4.69, 9.17) is 4.74 Å². The molecular weight excluding hydrogens is 410 g/mol. The van der Waals surface area contributed by atoms with Gasteiger partial charge in [0.25, 0.3) is 17.7 Å². The molecule has 1 aromatic rings. The number of rotatable bonds is 4. The summed E-state index contributed by atoms with van der Waals surface area (Å²) in [6, 6.07) is 4.25. The Kier molecular flexibility index (Phi) is 5.71. The van der Waals surface area contributed by atoms with E-state index in [1.165, 1.54) is 11.0 Å². The molecule has 5 rings (SSSR count). The van der Waals surface area contributed by atoms with Gasteiger partial charge in [0.2, 0.25) is 5.91 Å². The lowest BCUT2D eigenvalue weighted by atomic mass is 9.98. The van der Waals surface area contributed by atoms with Crippen molar-refractivity contribution in [2.45, 2.75) is 57.1 Å². The Bertz CT molecular complexity index is 949. The largest absolute Gasteiger partial charge is 0.376 e. The van der Waals surface area contributed by atoms with E-state index in [1.54, 1.807) is 17.0 Å². The van der Waals surface area contributed by atoms with Gasteiger partial charge in [-0.2, -0.15) is 0 Å². The molecule has 0 spiro atoms. The summed E-state index contributed by atoms with van der Waals surface area (Å²) in [6.45, 7) is 2.94. The summed E-state index contributed by atoms with van der Waals surface area (Å²) in [6.07, 6.45) is 6.10. The highest BCUT2D eigenvalue weighted by Gasteiger charge is 2.40. The number of hydrogen-bond donors (Lipinski definition) is 0. The van der Waals surface area contributed by atoms with Crippen LogP contribution in [0, 0.1) is 0 Å². The third-order valence-corrected chi connectivity index (χ3v) is 7.09. The molecule has 2 atom stereocenters. The van der Waals surface area contributed by atoms with Crippen LogP contribution >= 0.6 is 0 Å². The highest BCUT2D eigenvalue weighted by Crippen LogP contribution is 2.28. The molecule has 0 radical (unpaired) electrons. The number of carbonyl (C=O) groups excluding carboxylic acids is 4. The van der Waals surface area contributed by atoms with Gasteiger partial charge in [-0.1, -0.05) is 0 Å². The van der Waals surface area contributed by atoms with Crippen molar-refractivity contribution >= 4 is 23.6 Å². The van der Waals surface area contributed by atoms with Crippen molar-refractivity contribution in [3.63, 3.8) is 0 Å². The molecule has 1 aromatic carbocycles. The SMILES string of the molecule is O=C(C1CCCCN1C(=O)c1ccc2c(c1)C(=O)N(CC1CCCO1)C2=O)N1CCCC1. The van der Waals surface area contributed by atoms with E-state index in [9.17, 15) is 19.2 Å². The Morgan fingerprint density at radius 2 is 1.66 bits per heavy atom. The topological polar surface area (TPSA) is 87.2 Å². The van der Waals surface area contributed by atoms with Crippen molar-refractivity contribution in [3.8, 4) is 0 Å². The Morgan fingerprint density at radius 3 is 2.41 bits per heavy atom. The maximum absolute atomic E-state index is 13.4. The van der Waals surface area contributed by atoms with E-state index in [2.05, 4.69) is 0 Å². The average molecular weight is 440 g/mol. The van der Waals surface area contributed by atoms with Crippen LogP contribution in [0.5, 0.6) is 0 Å². The van der Waals surface area contributed by atoms with Gasteiger partial charge < -0.3 is 14.5 Å². The van der Waals surface area contributed by atoms with Gasteiger partial charge >= 0.3 is 0 Å². The first-order valence-electron chi connectivity index (χ1n) is 11.8. The number of ether oxygens (including phenoxy) is 1. The summed E-state index contributed by atoms with van der Waals surface area (Å²) in [5, 5.41) is 0. The van der Waals surface area contributed by atoms with E-state index in [0.29, 0.717) is 30.7 Å². The minimum absolute atomic E-state index is 0.0331. The van der Waals surface area contributed by atoms with Crippen molar-refractivity contribution in [3.05, 3.63) is 34.9 Å². The zero-order valence-corrected chi connectivity index (χ0v) is 18.3. The third-order valence-electron chi connectivity index (χ3n) is 7.09. The molecule has 4 aliphatic heterocycles. The molecule has 170 valence electrons. The molecule has 4 amide bonds. The number of likely N-dealkylation sites (tertiary alicyclic amines) is 2. The number of carbonyl (C=O) groups is 4. The van der Waals surface area contributed by atoms with Crippen LogP contribution in [0.2, 0.25) is 0 Å². The second kappa shape index (κ2) is 8.65. The molecule has 0 N–H and O–H groups in total. The summed E-state index contributed by atoms with van der Waals surface area (Å²) < 4.78 is 5.59. The average Bonchev–Trinajstić information content (AvgIpc) is 3.58. The number of piperidine rings is 1. The van der Waals surface area contributed by atoms with Crippen molar-refractivity contribution in [2.75, 3.05) is 32.8 Å². The fourth-order valence-electron chi connectivity index (χ4n) is 5.33. The van der Waals surface area contributed by atoms with Gasteiger partial charge in [0.05, 0.1) is 23.8 Å². The minimum Gasteiger partial charge on any atom is -0.376 e. The Hall–Kier alpha value is -2.74. The van der Waals surface area contributed by atoms with Crippen LogP contribution in [0.15, 0.2) is 18.2 Å². The summed E-state index contributed by atoms with van der Waals surface area (Å²) in [7, 11) is 0. The second-order valence-corrected chi connectivity index (χ2v) is 9.16. The number of nitrogens with zero attached hydrogens (tertiary/aromatic N) is 3. The van der Waals surface area contributed by atoms with Crippen LogP contribution in [-0.4, -0.2) is 83.3 Å². The lowest BCUT2D eigenvalue weighted by molar-refractivity contribution is -0.136. The monoisotopic (exact) mass is 439 g/mol. The van der Waals surface area contributed by atoms with Crippen LogP contribution in [0.25, 0.3) is 0 Å². The predicted octanol–water partition coefficient (Wildman–Crippen LogP) is 2.08. The van der Waals surface area contributed by atoms with Crippen molar-refractivity contribution in [2.24, 2.45) is 0 Å². The maximum Gasteiger partial charge on any atom is 0.261 e. The summed E-state index contributed by atoms with van der Waals surface area (Å²) in [5.74, 6) is -0.924. The Morgan fingerprint density at radius 1 is 0.906 bits per heavy atom. The molecule has 0 aliphatic carbocycles. The first-order chi connectivity index (χ1) is 15.5. The normalized spacial score (nSPS) is 25.6. The van der Waals surface area contributed by atoms with E-state index >= 15 is 0 Å². The van der Waals surface area contributed by atoms with E-state index in [1.807, 2.05) is 4.90 Å². The zero-order chi connectivity index (χ0) is 22.2. The highest BCUT2D eigenvalue weighted by atomic mass is 16.5. The first-order valence-corrected chi connectivity index (χ1v) is 11.8. The molecule has 8 nitrogen and oxygen atoms in total. The van der Waals surface area contributed by atoms with Crippen molar-refractivity contribution in [1.82, 2.24) is 14.7 Å². The molecule has 0 bridgehead atoms. The van der Waals surface area contributed by atoms with Gasteiger partial charge in [0.1, 0.15) is 6.04 Å². The van der Waals surface area contributed by atoms with E-state index in [-0.39, 0.29) is 41.8 Å². The van der Waals surface area contributed by atoms with Crippen LogP contribution in [0.1, 0.15) is 76.0 Å². The lowest BCUT2D eigenvalue weighted by Gasteiger charge is -2.36. The predicted molar refractivity (Wildman–Crippen MR) is 115 cm³/mol. The smallest absolute Gasteiger partial charge is 0.261 e. The number of imide groups is 1. The quantitative estimate of drug-likeness (QED) is 0.671. The van der Waals surface area contributed by atoms with Gasteiger partial charge in [-0.05, 0) is 63.1 Å². The number of benzene rings is 1. The van der Waals surface area contributed by atoms with Crippen molar-refractivity contribution < 1.29 is 23.9 Å². The standard InChI is InChI=1S/C24H29N3O5/c28-21(26-12-2-1-7-20(26)24(31)25-10-3-4-11-25)16-8-9-18-19(14-16)23(30)27(22(18)29)15-17-6-5-13-32-17/h8-9,14,17,20H,1-7,10-13,15H2. The van der Waals surface area contributed by atoms with Gasteiger partial charge in [-0.3, -0.25) is 24.1 Å². The molecule has 3 fully saturated rings. The van der Waals surface area contributed by atoms with Crippen LogP contribution < -0.4 is 0 Å². The minimum atomic E-state index is -0.448. The highest BCUT2D eigenvalue weighted by molar-refractivity contribution is 6.22. The lowest BCUT2D eigenvalue weighted by Crippen LogP contribution is -2.52. The first kappa shape index (κ1) is 21.1. The third kappa shape index (κ3) is 3.70. The molecule has 3 saturated heterocycles. The van der Waals surface area contributed by atoms with E-state index < -0.39 is 6.04 Å². The molecule has 2 unspecified atom stereocenters.